The largest absolute Gasteiger partial charge is 0.444 e. The van der Waals surface area contributed by atoms with Gasteiger partial charge in [-0.05, 0) is 47.7 Å². The molecule has 0 saturated carbocycles. The fraction of sp³-hybridized carbons (Fsp3) is 0.857. The number of alkyl carbamates (subject to hydrolysis) is 1. The molecule has 0 aromatic heterocycles. The molecule has 6 nitrogen and oxygen atoms in total. The maximum absolute atomic E-state index is 12.3. The predicted molar refractivity (Wildman–Crippen MR) is 77.5 cm³/mol. The zero-order valence-corrected chi connectivity index (χ0v) is 13.2. The van der Waals surface area contributed by atoms with Crippen molar-refractivity contribution in [2.45, 2.75) is 45.8 Å². The molecule has 0 aromatic rings. The Balaban J connectivity index is 2.47. The first-order chi connectivity index (χ1) is 9.19. The number of rotatable bonds is 2. The molecule has 1 unspecified atom stereocenters. The van der Waals surface area contributed by atoms with Gasteiger partial charge >= 0.3 is 6.09 Å². The van der Waals surface area contributed by atoms with E-state index in [0.717, 1.165) is 26.1 Å². The second-order valence-corrected chi connectivity index (χ2v) is 6.35. The minimum atomic E-state index is -0.562. The van der Waals surface area contributed by atoms with E-state index in [1.165, 1.54) is 0 Å². The number of hydrogen-bond donors (Lipinski definition) is 1. The molecule has 1 aliphatic heterocycles. The molecular formula is C14H27N3O3. The summed E-state index contributed by atoms with van der Waals surface area (Å²) in [5.41, 5.74) is -0.557. The molecule has 0 bridgehead atoms. The molecule has 1 rings (SSSR count). The van der Waals surface area contributed by atoms with Crippen molar-refractivity contribution in [2.75, 3.05) is 33.2 Å². The summed E-state index contributed by atoms with van der Waals surface area (Å²) >= 11 is 0. The van der Waals surface area contributed by atoms with E-state index in [1.54, 1.807) is 27.7 Å². The van der Waals surface area contributed by atoms with Gasteiger partial charge in [-0.1, -0.05) is 0 Å². The lowest BCUT2D eigenvalue weighted by Gasteiger charge is -2.26. The summed E-state index contributed by atoms with van der Waals surface area (Å²) in [6.45, 7) is 10.4. The Bertz CT molecular complexity index is 352. The predicted octanol–water partition coefficient (Wildman–Crippen LogP) is 1.06. The van der Waals surface area contributed by atoms with Gasteiger partial charge in [0.1, 0.15) is 11.6 Å². The summed E-state index contributed by atoms with van der Waals surface area (Å²) < 4.78 is 5.16. The van der Waals surface area contributed by atoms with Crippen molar-refractivity contribution in [3.05, 3.63) is 0 Å². The third-order valence-electron chi connectivity index (χ3n) is 3.13. The van der Waals surface area contributed by atoms with E-state index in [1.807, 2.05) is 4.90 Å². The van der Waals surface area contributed by atoms with Gasteiger partial charge in [0.15, 0.2) is 0 Å². The van der Waals surface area contributed by atoms with Crippen molar-refractivity contribution in [2.24, 2.45) is 0 Å². The molecule has 20 heavy (non-hydrogen) atoms. The van der Waals surface area contributed by atoms with Gasteiger partial charge in [-0.3, -0.25) is 4.79 Å². The summed E-state index contributed by atoms with van der Waals surface area (Å²) in [5, 5.41) is 2.60. The summed E-state index contributed by atoms with van der Waals surface area (Å²) in [5.74, 6) is -0.0499. The van der Waals surface area contributed by atoms with E-state index >= 15 is 0 Å². The Kier molecular flexibility index (Phi) is 5.80. The molecule has 6 heteroatoms. The fourth-order valence-electron chi connectivity index (χ4n) is 2.09. The molecule has 1 fully saturated rings. The van der Waals surface area contributed by atoms with Crippen molar-refractivity contribution in [1.29, 1.82) is 0 Å². The van der Waals surface area contributed by atoms with Crippen LogP contribution in [0, 0.1) is 0 Å². The molecule has 1 N–H and O–H groups in total. The average molecular weight is 285 g/mol. The van der Waals surface area contributed by atoms with Gasteiger partial charge in [0.2, 0.25) is 5.91 Å². The highest BCUT2D eigenvalue weighted by Gasteiger charge is 2.25. The standard InChI is InChI=1S/C14H27N3O3/c1-11(15-13(19)20-14(2,3)4)12(18)17-8-6-7-16(5)9-10-17/h11H,6-10H2,1-5H3,(H,15,19). The number of hydrogen-bond acceptors (Lipinski definition) is 4. The average Bonchev–Trinajstić information content (AvgIpc) is 2.50. The molecule has 1 aliphatic rings. The van der Waals surface area contributed by atoms with Crippen LogP contribution in [-0.2, 0) is 9.53 Å². The van der Waals surface area contributed by atoms with Gasteiger partial charge in [-0.25, -0.2) is 4.79 Å². The maximum Gasteiger partial charge on any atom is 0.408 e. The smallest absolute Gasteiger partial charge is 0.408 e. The fourth-order valence-corrected chi connectivity index (χ4v) is 2.09. The lowest BCUT2D eigenvalue weighted by atomic mass is 10.2. The molecule has 116 valence electrons. The monoisotopic (exact) mass is 285 g/mol. The van der Waals surface area contributed by atoms with Crippen LogP contribution in [0.5, 0.6) is 0 Å². The van der Waals surface area contributed by atoms with Crippen molar-refractivity contribution in [3.63, 3.8) is 0 Å². The van der Waals surface area contributed by atoms with Crippen LogP contribution in [0.3, 0.4) is 0 Å². The van der Waals surface area contributed by atoms with Crippen LogP contribution in [0.4, 0.5) is 4.79 Å². The minimum Gasteiger partial charge on any atom is -0.444 e. The third kappa shape index (κ3) is 5.77. The molecule has 0 spiro atoms. The second kappa shape index (κ2) is 6.92. The molecule has 1 saturated heterocycles. The van der Waals surface area contributed by atoms with E-state index in [-0.39, 0.29) is 5.91 Å². The number of nitrogens with zero attached hydrogens (tertiary/aromatic N) is 2. The molecule has 2 amide bonds. The highest BCUT2D eigenvalue weighted by Crippen LogP contribution is 2.08. The van der Waals surface area contributed by atoms with Crippen LogP contribution in [-0.4, -0.2) is 66.7 Å². The van der Waals surface area contributed by atoms with Crippen molar-refractivity contribution < 1.29 is 14.3 Å². The summed E-state index contributed by atoms with van der Waals surface area (Å²) in [6, 6.07) is -0.562. The summed E-state index contributed by atoms with van der Waals surface area (Å²) in [6.07, 6.45) is 0.409. The summed E-state index contributed by atoms with van der Waals surface area (Å²) in [4.78, 5) is 28.0. The number of carbonyl (C=O) groups excluding carboxylic acids is 2. The number of ether oxygens (including phenoxy) is 1. The topological polar surface area (TPSA) is 61.9 Å². The van der Waals surface area contributed by atoms with Crippen LogP contribution < -0.4 is 5.32 Å². The minimum absolute atomic E-state index is 0.0499. The van der Waals surface area contributed by atoms with E-state index in [4.69, 9.17) is 4.74 Å². The SMILES string of the molecule is CC(NC(=O)OC(C)(C)C)C(=O)N1CCCN(C)CC1. The van der Waals surface area contributed by atoms with E-state index in [0.29, 0.717) is 6.54 Å². The molecule has 1 heterocycles. The first-order valence-corrected chi connectivity index (χ1v) is 7.16. The van der Waals surface area contributed by atoms with Gasteiger partial charge in [0, 0.05) is 19.6 Å². The number of nitrogens with one attached hydrogen (secondary N) is 1. The van der Waals surface area contributed by atoms with Crippen molar-refractivity contribution >= 4 is 12.0 Å². The summed E-state index contributed by atoms with van der Waals surface area (Å²) in [7, 11) is 2.05. The van der Waals surface area contributed by atoms with Gasteiger partial charge in [-0.2, -0.15) is 0 Å². The lowest BCUT2D eigenvalue weighted by Crippen LogP contribution is -2.49. The number of amides is 2. The van der Waals surface area contributed by atoms with Gasteiger partial charge < -0.3 is 19.9 Å². The molecule has 1 atom stereocenters. The molecule has 0 aromatic carbocycles. The molecule has 0 aliphatic carbocycles. The van der Waals surface area contributed by atoms with Crippen LogP contribution in [0.15, 0.2) is 0 Å². The van der Waals surface area contributed by atoms with E-state index in [9.17, 15) is 9.59 Å². The van der Waals surface area contributed by atoms with Crippen LogP contribution in [0.25, 0.3) is 0 Å². The number of carbonyl (C=O) groups is 2. The van der Waals surface area contributed by atoms with Crippen LogP contribution in [0.1, 0.15) is 34.1 Å². The lowest BCUT2D eigenvalue weighted by molar-refractivity contribution is -0.132. The third-order valence-corrected chi connectivity index (χ3v) is 3.13. The van der Waals surface area contributed by atoms with Gasteiger partial charge in [0.05, 0.1) is 0 Å². The Morgan fingerprint density at radius 2 is 1.80 bits per heavy atom. The van der Waals surface area contributed by atoms with Crippen LogP contribution in [0.2, 0.25) is 0 Å². The van der Waals surface area contributed by atoms with E-state index in [2.05, 4.69) is 17.3 Å². The quantitative estimate of drug-likeness (QED) is 0.824. The van der Waals surface area contributed by atoms with Crippen molar-refractivity contribution in [3.8, 4) is 0 Å². The highest BCUT2D eigenvalue weighted by atomic mass is 16.6. The number of likely N-dealkylation sites (N-methyl/N-ethyl adjacent to an activating group) is 1. The highest BCUT2D eigenvalue weighted by molar-refractivity contribution is 5.85. The zero-order valence-electron chi connectivity index (χ0n) is 13.2. The maximum atomic E-state index is 12.3. The van der Waals surface area contributed by atoms with Crippen LogP contribution >= 0.6 is 0 Å². The molecular weight excluding hydrogens is 258 g/mol. The first-order valence-electron chi connectivity index (χ1n) is 7.16. The Labute approximate surface area is 121 Å². The first kappa shape index (κ1) is 16.8. The van der Waals surface area contributed by atoms with Gasteiger partial charge in [0.25, 0.3) is 0 Å². The Hall–Kier alpha value is -1.30. The van der Waals surface area contributed by atoms with E-state index < -0.39 is 17.7 Å². The zero-order chi connectivity index (χ0) is 15.3. The second-order valence-electron chi connectivity index (χ2n) is 6.35. The Morgan fingerprint density at radius 1 is 1.15 bits per heavy atom. The van der Waals surface area contributed by atoms with Gasteiger partial charge in [-0.15, -0.1) is 0 Å². The molecule has 0 radical (unpaired) electrons. The normalized spacial score (nSPS) is 19.1. The van der Waals surface area contributed by atoms with Crippen molar-refractivity contribution in [1.82, 2.24) is 15.1 Å². The Morgan fingerprint density at radius 3 is 2.40 bits per heavy atom.